The summed E-state index contributed by atoms with van der Waals surface area (Å²) in [6.07, 6.45) is 8.52. The molecule has 0 amide bonds. The van der Waals surface area contributed by atoms with Crippen LogP contribution in [0.3, 0.4) is 0 Å². The second-order valence-electron chi connectivity index (χ2n) is 8.03. The number of nitrogens with zero attached hydrogens (tertiary/aromatic N) is 2. The zero-order valence-electron chi connectivity index (χ0n) is 17.3. The van der Waals surface area contributed by atoms with Gasteiger partial charge in [0.05, 0.1) is 17.3 Å². The van der Waals surface area contributed by atoms with Crippen LogP contribution in [0.5, 0.6) is 0 Å². The van der Waals surface area contributed by atoms with Crippen LogP contribution >= 0.6 is 0 Å². The monoisotopic (exact) mass is 399 g/mol. The summed E-state index contributed by atoms with van der Waals surface area (Å²) in [5.41, 5.74) is 11.6. The van der Waals surface area contributed by atoms with Gasteiger partial charge in [0.1, 0.15) is 0 Å². The van der Waals surface area contributed by atoms with Crippen molar-refractivity contribution in [3.05, 3.63) is 95.3 Å². The third-order valence-electron chi connectivity index (χ3n) is 6.16. The molecule has 0 bridgehead atoms. The van der Waals surface area contributed by atoms with Crippen LogP contribution in [0.25, 0.3) is 0 Å². The molecule has 1 fully saturated rings. The number of carbonyl (C=O) groups is 1. The fourth-order valence-electron chi connectivity index (χ4n) is 4.73. The van der Waals surface area contributed by atoms with Gasteiger partial charge in [-0.25, -0.2) is 0 Å². The Labute approximate surface area is 178 Å². The highest BCUT2D eigenvalue weighted by Gasteiger charge is 2.34. The molecule has 1 saturated heterocycles. The van der Waals surface area contributed by atoms with Crippen molar-refractivity contribution in [2.75, 3.05) is 18.0 Å². The van der Waals surface area contributed by atoms with Crippen molar-refractivity contribution in [2.45, 2.75) is 31.7 Å². The molecular formula is C26H29N3O. The molecule has 2 N–H and O–H groups in total. The number of nitrogens with two attached hydrogens (primary N) is 1. The van der Waals surface area contributed by atoms with Gasteiger partial charge in [-0.05, 0) is 54.8 Å². The lowest BCUT2D eigenvalue weighted by Gasteiger charge is -2.44. The van der Waals surface area contributed by atoms with Crippen molar-refractivity contribution < 1.29 is 4.79 Å². The molecular weight excluding hydrogens is 370 g/mol. The van der Waals surface area contributed by atoms with Gasteiger partial charge in [-0.1, -0.05) is 60.7 Å². The maximum Gasteiger partial charge on any atom is 0.153 e. The van der Waals surface area contributed by atoms with E-state index in [1.54, 1.807) is 6.20 Å². The molecule has 1 aliphatic heterocycles. The van der Waals surface area contributed by atoms with Crippen molar-refractivity contribution in [3.63, 3.8) is 0 Å². The van der Waals surface area contributed by atoms with Gasteiger partial charge in [-0.3, -0.25) is 9.78 Å². The zero-order valence-corrected chi connectivity index (χ0v) is 17.3. The lowest BCUT2D eigenvalue weighted by atomic mass is 9.83. The first-order valence-electron chi connectivity index (χ1n) is 10.8. The van der Waals surface area contributed by atoms with E-state index < -0.39 is 0 Å². The standard InChI is InChI=1S/C26H29N3O/c27-16-22-12-7-15-29(25(22)21-10-5-2-6-11-21)26-23(17-28-18-24(26)19-30)14-13-20-8-3-1-4-9-20/h1-6,8-11,17-19,22,25H,7,12-16,27H2. The summed E-state index contributed by atoms with van der Waals surface area (Å²) in [4.78, 5) is 18.8. The van der Waals surface area contributed by atoms with Gasteiger partial charge in [0.2, 0.25) is 0 Å². The minimum absolute atomic E-state index is 0.168. The minimum Gasteiger partial charge on any atom is -0.363 e. The van der Waals surface area contributed by atoms with E-state index in [9.17, 15) is 4.79 Å². The Bertz CT molecular complexity index is 959. The number of anilines is 1. The summed E-state index contributed by atoms with van der Waals surface area (Å²) in [5, 5.41) is 0. The molecule has 30 heavy (non-hydrogen) atoms. The van der Waals surface area contributed by atoms with E-state index in [-0.39, 0.29) is 6.04 Å². The number of rotatable bonds is 7. The Morgan fingerprint density at radius 2 is 1.73 bits per heavy atom. The van der Waals surface area contributed by atoms with E-state index in [0.717, 1.165) is 49.8 Å². The van der Waals surface area contributed by atoms with Crippen molar-refractivity contribution in [3.8, 4) is 0 Å². The number of benzene rings is 2. The highest BCUT2D eigenvalue weighted by molar-refractivity contribution is 5.86. The Morgan fingerprint density at radius 3 is 2.43 bits per heavy atom. The zero-order chi connectivity index (χ0) is 20.8. The van der Waals surface area contributed by atoms with Crippen LogP contribution in [0.4, 0.5) is 5.69 Å². The Hall–Kier alpha value is -2.98. The van der Waals surface area contributed by atoms with Crippen molar-refractivity contribution in [1.82, 2.24) is 4.98 Å². The Morgan fingerprint density at radius 1 is 1.00 bits per heavy atom. The SMILES string of the molecule is NCC1CCCN(c2c(C=O)cncc2CCc2ccccc2)C1c1ccccc1. The third kappa shape index (κ3) is 4.29. The fourth-order valence-corrected chi connectivity index (χ4v) is 4.73. The van der Waals surface area contributed by atoms with E-state index in [4.69, 9.17) is 5.73 Å². The lowest BCUT2D eigenvalue weighted by Crippen LogP contribution is -2.42. The molecule has 0 radical (unpaired) electrons. The molecule has 2 unspecified atom stereocenters. The number of hydrogen-bond acceptors (Lipinski definition) is 4. The molecule has 2 aromatic carbocycles. The highest BCUT2D eigenvalue weighted by Crippen LogP contribution is 2.41. The highest BCUT2D eigenvalue weighted by atomic mass is 16.1. The molecule has 0 aliphatic carbocycles. The smallest absolute Gasteiger partial charge is 0.153 e. The third-order valence-corrected chi connectivity index (χ3v) is 6.16. The molecule has 0 spiro atoms. The van der Waals surface area contributed by atoms with Gasteiger partial charge in [0.25, 0.3) is 0 Å². The topological polar surface area (TPSA) is 59.2 Å². The molecule has 1 aliphatic rings. The molecule has 4 rings (SSSR count). The fraction of sp³-hybridized carbons (Fsp3) is 0.308. The van der Waals surface area contributed by atoms with Crippen molar-refractivity contribution in [2.24, 2.45) is 11.7 Å². The summed E-state index contributed by atoms with van der Waals surface area (Å²) in [6.45, 7) is 1.55. The molecule has 2 atom stereocenters. The van der Waals surface area contributed by atoms with Crippen LogP contribution < -0.4 is 10.6 Å². The van der Waals surface area contributed by atoms with E-state index in [0.29, 0.717) is 18.0 Å². The quantitative estimate of drug-likeness (QED) is 0.590. The summed E-state index contributed by atoms with van der Waals surface area (Å²) >= 11 is 0. The first-order chi connectivity index (χ1) is 14.8. The van der Waals surface area contributed by atoms with Crippen LogP contribution in [0.1, 0.15) is 45.9 Å². The second kappa shape index (κ2) is 9.68. The molecule has 1 aromatic heterocycles. The average molecular weight is 400 g/mol. The molecule has 4 heteroatoms. The van der Waals surface area contributed by atoms with Crippen LogP contribution in [0.15, 0.2) is 73.1 Å². The number of aromatic nitrogens is 1. The van der Waals surface area contributed by atoms with Crippen LogP contribution in [0, 0.1) is 5.92 Å². The number of carbonyl (C=O) groups excluding carboxylic acids is 1. The predicted octanol–water partition coefficient (Wildman–Crippen LogP) is 4.60. The van der Waals surface area contributed by atoms with Gasteiger partial charge >= 0.3 is 0 Å². The number of pyridine rings is 1. The van der Waals surface area contributed by atoms with Crippen molar-refractivity contribution in [1.29, 1.82) is 0 Å². The van der Waals surface area contributed by atoms with E-state index >= 15 is 0 Å². The number of aldehydes is 1. The first-order valence-corrected chi connectivity index (χ1v) is 10.8. The molecule has 3 aromatic rings. The molecule has 4 nitrogen and oxygen atoms in total. The van der Waals surface area contributed by atoms with E-state index in [2.05, 4.69) is 58.4 Å². The van der Waals surface area contributed by atoms with Crippen molar-refractivity contribution >= 4 is 12.0 Å². The summed E-state index contributed by atoms with van der Waals surface area (Å²) in [7, 11) is 0. The van der Waals surface area contributed by atoms with Gasteiger partial charge in [-0.15, -0.1) is 0 Å². The number of piperidine rings is 1. The number of aryl methyl sites for hydroxylation is 2. The minimum atomic E-state index is 0.168. The number of hydrogen-bond donors (Lipinski definition) is 1. The molecule has 154 valence electrons. The van der Waals surface area contributed by atoms with Gasteiger partial charge in [0.15, 0.2) is 6.29 Å². The Balaban J connectivity index is 1.73. The van der Waals surface area contributed by atoms with Crippen LogP contribution in [-0.2, 0) is 12.8 Å². The molecule has 0 saturated carbocycles. The van der Waals surface area contributed by atoms with Crippen LogP contribution in [0.2, 0.25) is 0 Å². The first kappa shape index (κ1) is 20.3. The van der Waals surface area contributed by atoms with Crippen LogP contribution in [-0.4, -0.2) is 24.4 Å². The second-order valence-corrected chi connectivity index (χ2v) is 8.03. The van der Waals surface area contributed by atoms with Gasteiger partial charge in [0, 0.05) is 18.9 Å². The van der Waals surface area contributed by atoms with E-state index in [1.807, 2.05) is 18.3 Å². The predicted molar refractivity (Wildman–Crippen MR) is 122 cm³/mol. The average Bonchev–Trinajstić information content (AvgIpc) is 2.83. The van der Waals surface area contributed by atoms with Gasteiger partial charge < -0.3 is 10.6 Å². The molecule has 2 heterocycles. The largest absolute Gasteiger partial charge is 0.363 e. The summed E-state index contributed by atoms with van der Waals surface area (Å²) in [6, 6.07) is 21.2. The maximum absolute atomic E-state index is 12.0. The van der Waals surface area contributed by atoms with Gasteiger partial charge in [-0.2, -0.15) is 0 Å². The summed E-state index contributed by atoms with van der Waals surface area (Å²) < 4.78 is 0. The van der Waals surface area contributed by atoms with E-state index in [1.165, 1.54) is 11.1 Å². The lowest BCUT2D eigenvalue weighted by molar-refractivity contribution is 0.112. The maximum atomic E-state index is 12.0. The normalized spacial score (nSPS) is 18.9. The Kier molecular flexibility index (Phi) is 6.55. The summed E-state index contributed by atoms with van der Waals surface area (Å²) in [5.74, 6) is 0.357.